The number of hydrogen-bond donors (Lipinski definition) is 1. The minimum atomic E-state index is -0.605. The Labute approximate surface area is 129 Å². The molecule has 0 saturated heterocycles. The van der Waals surface area contributed by atoms with Crippen LogP contribution < -0.4 is 5.43 Å². The van der Waals surface area contributed by atoms with E-state index in [0.29, 0.717) is 5.56 Å². The average molecular weight is 314 g/mol. The molecule has 116 valence electrons. The van der Waals surface area contributed by atoms with Crippen molar-refractivity contribution in [2.24, 2.45) is 5.10 Å². The Morgan fingerprint density at radius 1 is 1.00 bits per heavy atom. The Bertz CT molecular complexity index is 786. The highest BCUT2D eigenvalue weighted by Gasteiger charge is 2.10. The third-order valence-corrected chi connectivity index (χ3v) is 2.80. The van der Waals surface area contributed by atoms with Gasteiger partial charge in [0.2, 0.25) is 0 Å². The van der Waals surface area contributed by atoms with Gasteiger partial charge in [0.1, 0.15) is 0 Å². The maximum absolute atomic E-state index is 11.8. The Hall–Kier alpha value is -3.62. The highest BCUT2D eigenvalue weighted by atomic mass is 16.6. The van der Waals surface area contributed by atoms with Crippen LogP contribution in [-0.2, 0) is 0 Å². The van der Waals surface area contributed by atoms with E-state index >= 15 is 0 Å². The van der Waals surface area contributed by atoms with Gasteiger partial charge in [-0.1, -0.05) is 6.07 Å². The van der Waals surface area contributed by atoms with Crippen LogP contribution in [0.5, 0.6) is 0 Å². The number of rotatable bonds is 5. The molecule has 9 nitrogen and oxygen atoms in total. The van der Waals surface area contributed by atoms with Crippen LogP contribution in [0.2, 0.25) is 0 Å². The standard InChI is InChI=1S/C14H10N4O5/c19-14(11-2-1-3-13(8-11)18(22)23)16-15-9-10-4-6-12(7-5-10)17(20)21/h1-9H,(H,16,19)/b15-9-. The summed E-state index contributed by atoms with van der Waals surface area (Å²) in [5.74, 6) is -0.605. The number of non-ortho nitro benzene ring substituents is 2. The predicted octanol–water partition coefficient (Wildman–Crippen LogP) is 2.27. The van der Waals surface area contributed by atoms with Crippen LogP contribution in [-0.4, -0.2) is 22.0 Å². The first-order chi connectivity index (χ1) is 11.0. The largest absolute Gasteiger partial charge is 0.271 e. The van der Waals surface area contributed by atoms with Gasteiger partial charge in [0.25, 0.3) is 17.3 Å². The topological polar surface area (TPSA) is 128 Å². The van der Waals surface area contributed by atoms with E-state index in [1.165, 1.54) is 48.7 Å². The normalized spacial score (nSPS) is 10.4. The molecule has 0 aliphatic heterocycles. The van der Waals surface area contributed by atoms with E-state index in [2.05, 4.69) is 10.5 Å². The number of nitrogens with one attached hydrogen (secondary N) is 1. The van der Waals surface area contributed by atoms with Crippen molar-refractivity contribution in [1.82, 2.24) is 5.43 Å². The van der Waals surface area contributed by atoms with Gasteiger partial charge in [0.05, 0.1) is 16.1 Å². The molecule has 0 aromatic heterocycles. The lowest BCUT2D eigenvalue weighted by Crippen LogP contribution is -2.17. The van der Waals surface area contributed by atoms with E-state index < -0.39 is 15.8 Å². The lowest BCUT2D eigenvalue weighted by molar-refractivity contribution is -0.385. The van der Waals surface area contributed by atoms with Crippen molar-refractivity contribution >= 4 is 23.5 Å². The van der Waals surface area contributed by atoms with Gasteiger partial charge in [-0.15, -0.1) is 0 Å². The Balaban J connectivity index is 2.02. The van der Waals surface area contributed by atoms with Crippen molar-refractivity contribution in [2.75, 3.05) is 0 Å². The smallest absolute Gasteiger partial charge is 0.267 e. The number of nitrogens with zero attached hydrogens (tertiary/aromatic N) is 3. The molecule has 0 aliphatic rings. The molecule has 9 heteroatoms. The van der Waals surface area contributed by atoms with Gasteiger partial charge in [-0.05, 0) is 23.8 Å². The zero-order chi connectivity index (χ0) is 16.8. The summed E-state index contributed by atoms with van der Waals surface area (Å²) in [5.41, 5.74) is 2.62. The molecular formula is C14H10N4O5. The SMILES string of the molecule is O=C(N/N=C\c1ccc([N+](=O)[O-])cc1)c1cccc([N+](=O)[O-])c1. The number of benzene rings is 2. The number of hydrazone groups is 1. The second kappa shape index (κ2) is 6.89. The van der Waals surface area contributed by atoms with E-state index in [4.69, 9.17) is 0 Å². The summed E-state index contributed by atoms with van der Waals surface area (Å²) in [6.07, 6.45) is 1.30. The summed E-state index contributed by atoms with van der Waals surface area (Å²) >= 11 is 0. The number of carbonyl (C=O) groups excluding carboxylic acids is 1. The molecule has 0 saturated carbocycles. The van der Waals surface area contributed by atoms with Crippen LogP contribution in [0.15, 0.2) is 53.6 Å². The van der Waals surface area contributed by atoms with E-state index in [1.54, 1.807) is 0 Å². The molecule has 2 rings (SSSR count). The van der Waals surface area contributed by atoms with Gasteiger partial charge < -0.3 is 0 Å². The van der Waals surface area contributed by atoms with E-state index in [-0.39, 0.29) is 16.9 Å². The number of nitro benzene ring substituents is 2. The molecular weight excluding hydrogens is 304 g/mol. The number of nitro groups is 2. The summed E-state index contributed by atoms with van der Waals surface area (Å²) in [5, 5.41) is 24.9. The minimum Gasteiger partial charge on any atom is -0.267 e. The van der Waals surface area contributed by atoms with Crippen molar-refractivity contribution in [3.05, 3.63) is 79.9 Å². The highest BCUT2D eigenvalue weighted by molar-refractivity contribution is 5.95. The number of hydrogen-bond acceptors (Lipinski definition) is 6. The van der Waals surface area contributed by atoms with Crippen molar-refractivity contribution in [3.8, 4) is 0 Å². The molecule has 2 aromatic rings. The molecule has 1 N–H and O–H groups in total. The molecule has 0 unspecified atom stereocenters. The first kappa shape index (κ1) is 15.8. The van der Waals surface area contributed by atoms with Crippen molar-refractivity contribution in [1.29, 1.82) is 0 Å². The summed E-state index contributed by atoms with van der Waals surface area (Å²) in [6.45, 7) is 0. The molecule has 0 bridgehead atoms. The van der Waals surface area contributed by atoms with Gasteiger partial charge in [-0.2, -0.15) is 5.10 Å². The Morgan fingerprint density at radius 2 is 1.65 bits per heavy atom. The third kappa shape index (κ3) is 4.17. The Kier molecular flexibility index (Phi) is 4.72. The fraction of sp³-hybridized carbons (Fsp3) is 0. The average Bonchev–Trinajstić information content (AvgIpc) is 2.55. The fourth-order valence-electron chi connectivity index (χ4n) is 1.67. The van der Waals surface area contributed by atoms with Crippen LogP contribution in [0.1, 0.15) is 15.9 Å². The van der Waals surface area contributed by atoms with E-state index in [0.717, 1.165) is 6.07 Å². The van der Waals surface area contributed by atoms with Crippen LogP contribution in [0.25, 0.3) is 0 Å². The summed E-state index contributed by atoms with van der Waals surface area (Å²) in [6, 6.07) is 10.8. The zero-order valence-electron chi connectivity index (χ0n) is 11.6. The van der Waals surface area contributed by atoms with Crippen molar-refractivity contribution in [2.45, 2.75) is 0 Å². The van der Waals surface area contributed by atoms with Gasteiger partial charge in [-0.3, -0.25) is 25.0 Å². The number of amides is 1. The Morgan fingerprint density at radius 3 is 2.26 bits per heavy atom. The van der Waals surface area contributed by atoms with Crippen LogP contribution in [0.3, 0.4) is 0 Å². The molecule has 0 heterocycles. The van der Waals surface area contributed by atoms with Gasteiger partial charge in [0.15, 0.2) is 0 Å². The van der Waals surface area contributed by atoms with E-state index in [1.807, 2.05) is 0 Å². The maximum Gasteiger partial charge on any atom is 0.271 e. The van der Waals surface area contributed by atoms with Crippen LogP contribution >= 0.6 is 0 Å². The predicted molar refractivity (Wildman–Crippen MR) is 81.3 cm³/mol. The number of carbonyl (C=O) groups is 1. The summed E-state index contributed by atoms with van der Waals surface area (Å²) < 4.78 is 0. The van der Waals surface area contributed by atoms with Gasteiger partial charge >= 0.3 is 0 Å². The molecule has 0 fully saturated rings. The molecule has 0 aliphatic carbocycles. The third-order valence-electron chi connectivity index (χ3n) is 2.80. The second-order valence-corrected chi connectivity index (χ2v) is 4.36. The zero-order valence-corrected chi connectivity index (χ0v) is 11.6. The lowest BCUT2D eigenvalue weighted by atomic mass is 10.2. The first-order valence-corrected chi connectivity index (χ1v) is 6.29. The molecule has 2 aromatic carbocycles. The highest BCUT2D eigenvalue weighted by Crippen LogP contribution is 2.13. The maximum atomic E-state index is 11.8. The molecule has 1 amide bonds. The lowest BCUT2D eigenvalue weighted by Gasteiger charge is -1.99. The first-order valence-electron chi connectivity index (χ1n) is 6.29. The van der Waals surface area contributed by atoms with Crippen LogP contribution in [0, 0.1) is 20.2 Å². The monoisotopic (exact) mass is 314 g/mol. The summed E-state index contributed by atoms with van der Waals surface area (Å²) in [4.78, 5) is 31.9. The molecule has 0 spiro atoms. The van der Waals surface area contributed by atoms with Gasteiger partial charge in [-0.25, -0.2) is 5.43 Å². The molecule has 0 radical (unpaired) electrons. The van der Waals surface area contributed by atoms with Crippen molar-refractivity contribution < 1.29 is 14.6 Å². The van der Waals surface area contributed by atoms with Gasteiger partial charge in [0, 0.05) is 29.8 Å². The molecule has 23 heavy (non-hydrogen) atoms. The minimum absolute atomic E-state index is 0.0530. The van der Waals surface area contributed by atoms with E-state index in [9.17, 15) is 25.0 Å². The van der Waals surface area contributed by atoms with Crippen molar-refractivity contribution in [3.63, 3.8) is 0 Å². The van der Waals surface area contributed by atoms with Crippen LogP contribution in [0.4, 0.5) is 11.4 Å². The second-order valence-electron chi connectivity index (χ2n) is 4.36. The molecule has 0 atom stereocenters. The summed E-state index contributed by atoms with van der Waals surface area (Å²) in [7, 11) is 0. The quantitative estimate of drug-likeness (QED) is 0.514. The fourth-order valence-corrected chi connectivity index (χ4v) is 1.67.